The Labute approximate surface area is 107 Å². The molecule has 0 fully saturated rings. The number of hydrogen-bond acceptors (Lipinski definition) is 6. The van der Waals surface area contributed by atoms with Gasteiger partial charge >= 0.3 is 11.6 Å². The van der Waals surface area contributed by atoms with Crippen molar-refractivity contribution in [3.8, 4) is 11.8 Å². The van der Waals surface area contributed by atoms with Gasteiger partial charge in [-0.3, -0.25) is 4.79 Å². The van der Waals surface area contributed by atoms with Gasteiger partial charge in [0.2, 0.25) is 0 Å². The molecule has 0 amide bonds. The maximum absolute atomic E-state index is 11.5. The summed E-state index contributed by atoms with van der Waals surface area (Å²) in [7, 11) is 1.16. The molecule has 0 aliphatic carbocycles. The lowest BCUT2D eigenvalue weighted by Gasteiger charge is -2.09. The Morgan fingerprint density at radius 3 is 2.84 bits per heavy atom. The third kappa shape index (κ3) is 2.26. The van der Waals surface area contributed by atoms with Crippen LogP contribution in [0.25, 0.3) is 11.0 Å². The molecule has 19 heavy (non-hydrogen) atoms. The summed E-state index contributed by atoms with van der Waals surface area (Å²) in [6, 6.07) is 6.94. The number of esters is 1. The summed E-state index contributed by atoms with van der Waals surface area (Å²) in [5, 5.41) is 18.8. The molecule has 2 aromatic rings. The number of aromatic hydroxyl groups is 1. The molecule has 0 radical (unpaired) electrons. The molecule has 1 unspecified atom stereocenters. The minimum atomic E-state index is -1.22. The van der Waals surface area contributed by atoms with Gasteiger partial charge in [-0.05, 0) is 17.7 Å². The van der Waals surface area contributed by atoms with Gasteiger partial charge in [-0.25, -0.2) is 4.79 Å². The fourth-order valence-corrected chi connectivity index (χ4v) is 1.78. The fraction of sp³-hybridized carbons (Fsp3) is 0.154. The Bertz CT molecular complexity index is 741. The number of carbonyl (C=O) groups excluding carboxylic acids is 1. The normalized spacial score (nSPS) is 11.8. The van der Waals surface area contributed by atoms with Crippen LogP contribution in [0.4, 0.5) is 0 Å². The predicted octanol–water partition coefficient (Wildman–Crippen LogP) is 1.28. The number of nitrogens with zero attached hydrogens (tertiary/aromatic N) is 1. The molecule has 1 aromatic heterocycles. The molecule has 0 bridgehead atoms. The number of benzene rings is 1. The van der Waals surface area contributed by atoms with Crippen molar-refractivity contribution in [1.82, 2.24) is 0 Å². The average Bonchev–Trinajstić information content (AvgIpc) is 2.38. The van der Waals surface area contributed by atoms with E-state index < -0.39 is 17.5 Å². The number of methoxy groups -OCH3 is 1. The summed E-state index contributed by atoms with van der Waals surface area (Å²) < 4.78 is 9.44. The van der Waals surface area contributed by atoms with Gasteiger partial charge in [-0.2, -0.15) is 5.26 Å². The molecule has 96 valence electrons. The largest absolute Gasteiger partial charge is 0.508 e. The van der Waals surface area contributed by atoms with Gasteiger partial charge in [-0.1, -0.05) is 0 Å². The van der Waals surface area contributed by atoms with Crippen molar-refractivity contribution in [2.45, 2.75) is 5.92 Å². The van der Waals surface area contributed by atoms with E-state index in [1.807, 2.05) is 0 Å². The summed E-state index contributed by atoms with van der Waals surface area (Å²) in [6.07, 6.45) is 0. The van der Waals surface area contributed by atoms with Crippen LogP contribution in [0, 0.1) is 11.3 Å². The highest BCUT2D eigenvalue weighted by Gasteiger charge is 2.24. The lowest BCUT2D eigenvalue weighted by molar-refractivity contribution is -0.140. The van der Waals surface area contributed by atoms with E-state index in [9.17, 15) is 14.7 Å². The average molecular weight is 259 g/mol. The first kappa shape index (κ1) is 12.6. The zero-order valence-corrected chi connectivity index (χ0v) is 9.91. The molecule has 1 N–H and O–H groups in total. The molecular weight excluding hydrogens is 250 g/mol. The number of phenolic OH excluding ortho intramolecular Hbond substituents is 1. The number of ether oxygens (including phenoxy) is 1. The lowest BCUT2D eigenvalue weighted by atomic mass is 9.97. The Kier molecular flexibility index (Phi) is 3.21. The molecule has 0 spiro atoms. The van der Waals surface area contributed by atoms with E-state index in [2.05, 4.69) is 4.74 Å². The maximum atomic E-state index is 11.5. The number of nitriles is 1. The Morgan fingerprint density at radius 1 is 1.47 bits per heavy atom. The first-order valence-electron chi connectivity index (χ1n) is 5.31. The van der Waals surface area contributed by atoms with Crippen molar-refractivity contribution >= 4 is 16.9 Å². The molecular formula is C13H9NO5. The Balaban J connectivity index is 2.76. The van der Waals surface area contributed by atoms with Crippen LogP contribution in [0.1, 0.15) is 11.5 Å². The van der Waals surface area contributed by atoms with Crippen LogP contribution < -0.4 is 5.63 Å². The summed E-state index contributed by atoms with van der Waals surface area (Å²) in [6.45, 7) is 0. The molecule has 0 aliphatic rings. The minimum Gasteiger partial charge on any atom is -0.508 e. The van der Waals surface area contributed by atoms with E-state index >= 15 is 0 Å². The van der Waals surface area contributed by atoms with Crippen molar-refractivity contribution in [2.24, 2.45) is 0 Å². The number of carbonyl (C=O) groups is 1. The lowest BCUT2D eigenvalue weighted by Crippen LogP contribution is -2.15. The molecule has 6 nitrogen and oxygen atoms in total. The third-order valence-electron chi connectivity index (χ3n) is 2.64. The van der Waals surface area contributed by atoms with Crippen LogP contribution in [0.15, 0.2) is 33.5 Å². The van der Waals surface area contributed by atoms with E-state index in [4.69, 9.17) is 9.68 Å². The Morgan fingerprint density at radius 2 is 2.21 bits per heavy atom. The summed E-state index contributed by atoms with van der Waals surface area (Å²) in [5.74, 6) is -2.07. The van der Waals surface area contributed by atoms with Crippen LogP contribution in [-0.4, -0.2) is 18.2 Å². The van der Waals surface area contributed by atoms with E-state index in [1.54, 1.807) is 6.07 Å². The van der Waals surface area contributed by atoms with Gasteiger partial charge in [0.15, 0.2) is 5.92 Å². The molecule has 6 heteroatoms. The number of fused-ring (bicyclic) bond motifs is 1. The van der Waals surface area contributed by atoms with Crippen LogP contribution >= 0.6 is 0 Å². The molecule has 0 saturated carbocycles. The SMILES string of the molecule is COC(=O)C(C#N)c1cc(=O)oc2cc(O)ccc12. The van der Waals surface area contributed by atoms with Gasteiger partial charge in [0.1, 0.15) is 11.3 Å². The van der Waals surface area contributed by atoms with Gasteiger partial charge in [0, 0.05) is 17.5 Å². The van der Waals surface area contributed by atoms with E-state index in [0.717, 1.165) is 13.2 Å². The molecule has 2 rings (SSSR count). The highest BCUT2D eigenvalue weighted by atomic mass is 16.5. The second-order valence-electron chi connectivity index (χ2n) is 3.79. The second kappa shape index (κ2) is 4.82. The maximum Gasteiger partial charge on any atom is 0.336 e. The van der Waals surface area contributed by atoms with Gasteiger partial charge < -0.3 is 14.3 Å². The number of phenols is 1. The minimum absolute atomic E-state index is 0.0839. The molecule has 0 saturated heterocycles. The smallest absolute Gasteiger partial charge is 0.336 e. The van der Waals surface area contributed by atoms with Crippen molar-refractivity contribution in [3.63, 3.8) is 0 Å². The fourth-order valence-electron chi connectivity index (χ4n) is 1.78. The van der Waals surface area contributed by atoms with E-state index in [-0.39, 0.29) is 16.9 Å². The van der Waals surface area contributed by atoms with Gasteiger partial charge in [-0.15, -0.1) is 0 Å². The van der Waals surface area contributed by atoms with Crippen LogP contribution in [0.3, 0.4) is 0 Å². The molecule has 1 atom stereocenters. The highest BCUT2D eigenvalue weighted by molar-refractivity contribution is 5.90. The van der Waals surface area contributed by atoms with Crippen LogP contribution in [-0.2, 0) is 9.53 Å². The molecule has 0 aliphatic heterocycles. The van der Waals surface area contributed by atoms with E-state index in [1.165, 1.54) is 18.2 Å². The van der Waals surface area contributed by atoms with Crippen LogP contribution in [0.5, 0.6) is 5.75 Å². The highest BCUT2D eigenvalue weighted by Crippen LogP contribution is 2.27. The standard InChI is InChI=1S/C13H9NO5/c1-18-13(17)10(6-14)9-5-12(16)19-11-4-7(15)2-3-8(9)11/h2-5,10,15H,1H3. The van der Waals surface area contributed by atoms with Gasteiger partial charge in [0.25, 0.3) is 0 Å². The third-order valence-corrected chi connectivity index (χ3v) is 2.64. The molecule has 1 heterocycles. The van der Waals surface area contributed by atoms with Crippen LogP contribution in [0.2, 0.25) is 0 Å². The van der Waals surface area contributed by atoms with Gasteiger partial charge in [0.05, 0.1) is 13.2 Å². The predicted molar refractivity (Wildman–Crippen MR) is 64.5 cm³/mol. The van der Waals surface area contributed by atoms with Crippen molar-refractivity contribution < 1.29 is 19.1 Å². The first-order chi connectivity index (χ1) is 9.06. The Hall–Kier alpha value is -2.81. The zero-order chi connectivity index (χ0) is 14.0. The van der Waals surface area contributed by atoms with E-state index in [0.29, 0.717) is 5.39 Å². The second-order valence-corrected chi connectivity index (χ2v) is 3.79. The summed E-state index contributed by atoms with van der Waals surface area (Å²) in [5.41, 5.74) is -0.412. The van der Waals surface area contributed by atoms with Crippen molar-refractivity contribution in [2.75, 3.05) is 7.11 Å². The summed E-state index contributed by atoms with van der Waals surface area (Å²) in [4.78, 5) is 23.0. The number of rotatable bonds is 2. The monoisotopic (exact) mass is 259 g/mol. The number of hydrogen-bond donors (Lipinski definition) is 1. The first-order valence-corrected chi connectivity index (χ1v) is 5.31. The quantitative estimate of drug-likeness (QED) is 0.644. The molecule has 1 aromatic carbocycles. The zero-order valence-electron chi connectivity index (χ0n) is 9.91. The van der Waals surface area contributed by atoms with Crippen molar-refractivity contribution in [1.29, 1.82) is 5.26 Å². The van der Waals surface area contributed by atoms with Crippen molar-refractivity contribution in [3.05, 3.63) is 40.2 Å². The summed E-state index contributed by atoms with van der Waals surface area (Å²) >= 11 is 0. The topological polar surface area (TPSA) is 101 Å².